The number of hydrogen-bond donors (Lipinski definition) is 1. The second kappa shape index (κ2) is 9.09. The van der Waals surface area contributed by atoms with Gasteiger partial charge in [0.25, 0.3) is 5.91 Å². The Hall–Kier alpha value is -3.00. The van der Waals surface area contributed by atoms with E-state index in [9.17, 15) is 4.79 Å². The molecule has 8 heteroatoms. The van der Waals surface area contributed by atoms with Gasteiger partial charge in [0.2, 0.25) is 5.89 Å². The Morgan fingerprint density at radius 3 is 2.44 bits per heavy atom. The Morgan fingerprint density at radius 2 is 1.78 bits per heavy atom. The zero-order chi connectivity index (χ0) is 19.1. The number of ether oxygens (including phenoxy) is 2. The molecule has 0 bridgehead atoms. The maximum absolute atomic E-state index is 12.4. The molecule has 27 heavy (non-hydrogen) atoms. The smallest absolute Gasteiger partial charge is 0.322 e. The van der Waals surface area contributed by atoms with Gasteiger partial charge in [0.05, 0.1) is 14.2 Å². The van der Waals surface area contributed by atoms with Crippen molar-refractivity contribution in [3.05, 3.63) is 60.0 Å². The number of hydrogen-bond acceptors (Lipinski definition) is 7. The highest BCUT2D eigenvalue weighted by Gasteiger charge is 2.14. The van der Waals surface area contributed by atoms with Crippen molar-refractivity contribution in [2.75, 3.05) is 25.3 Å². The number of anilines is 1. The van der Waals surface area contributed by atoms with Crippen molar-refractivity contribution in [3.63, 3.8) is 0 Å². The molecule has 3 rings (SSSR count). The molecule has 3 aromatic rings. The van der Waals surface area contributed by atoms with Gasteiger partial charge in [0.1, 0.15) is 11.5 Å². The first-order valence-corrected chi connectivity index (χ1v) is 9.21. The number of nitrogens with one attached hydrogen (secondary N) is 1. The number of amides is 1. The fraction of sp³-hybridized carbons (Fsp3) is 0.211. The van der Waals surface area contributed by atoms with Crippen LogP contribution in [0.4, 0.5) is 6.01 Å². The topological polar surface area (TPSA) is 86.5 Å². The van der Waals surface area contributed by atoms with Crippen LogP contribution < -0.4 is 14.8 Å². The number of aryl methyl sites for hydroxylation is 1. The summed E-state index contributed by atoms with van der Waals surface area (Å²) >= 11 is 1.70. The van der Waals surface area contributed by atoms with Crippen molar-refractivity contribution < 1.29 is 18.7 Å². The molecular weight excluding hydrogens is 366 g/mol. The minimum Gasteiger partial charge on any atom is -0.497 e. The lowest BCUT2D eigenvalue weighted by Gasteiger charge is -2.07. The molecule has 0 saturated carbocycles. The predicted octanol–water partition coefficient (Wildman–Crippen LogP) is 3.67. The van der Waals surface area contributed by atoms with Crippen molar-refractivity contribution in [1.82, 2.24) is 10.2 Å². The van der Waals surface area contributed by atoms with Crippen LogP contribution in [0.15, 0.2) is 57.8 Å². The zero-order valence-electron chi connectivity index (χ0n) is 15.0. The van der Waals surface area contributed by atoms with Gasteiger partial charge in [0, 0.05) is 28.7 Å². The van der Waals surface area contributed by atoms with E-state index in [1.807, 2.05) is 30.3 Å². The van der Waals surface area contributed by atoms with Crippen LogP contribution in [-0.2, 0) is 6.42 Å². The molecule has 1 aromatic heterocycles. The molecule has 0 radical (unpaired) electrons. The van der Waals surface area contributed by atoms with E-state index in [0.717, 1.165) is 5.75 Å². The van der Waals surface area contributed by atoms with Gasteiger partial charge in [-0.15, -0.1) is 16.9 Å². The molecule has 0 unspecified atom stereocenters. The van der Waals surface area contributed by atoms with E-state index >= 15 is 0 Å². The fourth-order valence-electron chi connectivity index (χ4n) is 2.29. The minimum atomic E-state index is -0.388. The SMILES string of the molecule is COc1cc(OC)cc(C(=O)Nc2nnc(CCSc3ccccc3)o2)c1. The second-order valence-corrected chi connectivity index (χ2v) is 6.64. The van der Waals surface area contributed by atoms with E-state index in [1.54, 1.807) is 30.0 Å². The van der Waals surface area contributed by atoms with Crippen LogP contribution in [-0.4, -0.2) is 36.1 Å². The number of rotatable bonds is 8. The monoisotopic (exact) mass is 385 g/mol. The van der Waals surface area contributed by atoms with Crippen LogP contribution in [0, 0.1) is 0 Å². The number of carbonyl (C=O) groups is 1. The first kappa shape index (κ1) is 18.8. The summed E-state index contributed by atoms with van der Waals surface area (Å²) in [6.45, 7) is 0. The lowest BCUT2D eigenvalue weighted by Crippen LogP contribution is -2.12. The Kier molecular flexibility index (Phi) is 6.32. The Morgan fingerprint density at radius 1 is 1.07 bits per heavy atom. The maximum atomic E-state index is 12.4. The summed E-state index contributed by atoms with van der Waals surface area (Å²) in [5.74, 6) is 1.91. The highest BCUT2D eigenvalue weighted by Crippen LogP contribution is 2.23. The number of aromatic nitrogens is 2. The molecular formula is C19H19N3O4S. The molecule has 0 saturated heterocycles. The van der Waals surface area contributed by atoms with Crippen LogP contribution >= 0.6 is 11.8 Å². The molecule has 1 heterocycles. The van der Waals surface area contributed by atoms with E-state index in [1.165, 1.54) is 19.1 Å². The number of methoxy groups -OCH3 is 2. The Bertz CT molecular complexity index is 877. The molecule has 0 aliphatic rings. The number of nitrogens with zero attached hydrogens (tertiary/aromatic N) is 2. The maximum Gasteiger partial charge on any atom is 0.322 e. The van der Waals surface area contributed by atoms with E-state index in [0.29, 0.717) is 29.4 Å². The van der Waals surface area contributed by atoms with Gasteiger partial charge < -0.3 is 13.9 Å². The van der Waals surface area contributed by atoms with Crippen molar-refractivity contribution in [2.24, 2.45) is 0 Å². The third-order valence-electron chi connectivity index (χ3n) is 3.63. The summed E-state index contributed by atoms with van der Waals surface area (Å²) in [5, 5.41) is 10.4. The molecule has 0 aliphatic carbocycles. The van der Waals surface area contributed by atoms with E-state index < -0.39 is 0 Å². The standard InChI is InChI=1S/C19H19N3O4S/c1-24-14-10-13(11-15(12-14)25-2)18(23)20-19-22-21-17(26-19)8-9-27-16-6-4-3-5-7-16/h3-7,10-12H,8-9H2,1-2H3,(H,20,22,23). The van der Waals surface area contributed by atoms with Crippen molar-refractivity contribution in [2.45, 2.75) is 11.3 Å². The Labute approximate surface area is 161 Å². The molecule has 0 aliphatic heterocycles. The van der Waals surface area contributed by atoms with E-state index in [2.05, 4.69) is 15.5 Å². The lowest BCUT2D eigenvalue weighted by atomic mass is 10.2. The molecule has 0 atom stereocenters. The van der Waals surface area contributed by atoms with Crippen LogP contribution in [0.3, 0.4) is 0 Å². The molecule has 140 valence electrons. The fourth-order valence-corrected chi connectivity index (χ4v) is 3.15. The predicted molar refractivity (Wildman–Crippen MR) is 103 cm³/mol. The van der Waals surface area contributed by atoms with Crippen molar-refractivity contribution in [1.29, 1.82) is 0 Å². The van der Waals surface area contributed by atoms with Crippen LogP contribution in [0.1, 0.15) is 16.2 Å². The van der Waals surface area contributed by atoms with Crippen molar-refractivity contribution in [3.8, 4) is 11.5 Å². The first-order chi connectivity index (χ1) is 13.2. The average molecular weight is 385 g/mol. The van der Waals surface area contributed by atoms with Gasteiger partial charge in [0.15, 0.2) is 0 Å². The molecule has 1 amide bonds. The van der Waals surface area contributed by atoms with E-state index in [4.69, 9.17) is 13.9 Å². The summed E-state index contributed by atoms with van der Waals surface area (Å²) in [6, 6.07) is 15.0. The average Bonchev–Trinajstić information content (AvgIpc) is 3.15. The molecule has 7 nitrogen and oxygen atoms in total. The third-order valence-corrected chi connectivity index (χ3v) is 4.64. The number of carbonyl (C=O) groups excluding carboxylic acids is 1. The Balaban J connectivity index is 1.58. The first-order valence-electron chi connectivity index (χ1n) is 8.22. The highest BCUT2D eigenvalue weighted by molar-refractivity contribution is 7.99. The largest absolute Gasteiger partial charge is 0.497 e. The summed E-state index contributed by atoms with van der Waals surface area (Å²) < 4.78 is 15.8. The molecule has 0 fully saturated rings. The van der Waals surface area contributed by atoms with Gasteiger partial charge in [-0.25, -0.2) is 0 Å². The quantitative estimate of drug-likeness (QED) is 0.592. The minimum absolute atomic E-state index is 0.0569. The molecule has 2 aromatic carbocycles. The lowest BCUT2D eigenvalue weighted by molar-refractivity contribution is 0.102. The van der Waals surface area contributed by atoms with Crippen molar-refractivity contribution >= 4 is 23.7 Å². The molecule has 1 N–H and O–H groups in total. The van der Waals surface area contributed by atoms with Gasteiger partial charge in [-0.2, -0.15) is 0 Å². The summed E-state index contributed by atoms with van der Waals surface area (Å²) in [6.07, 6.45) is 0.607. The zero-order valence-corrected chi connectivity index (χ0v) is 15.8. The summed E-state index contributed by atoms with van der Waals surface area (Å²) in [5.41, 5.74) is 0.366. The van der Waals surface area contributed by atoms with Gasteiger partial charge >= 0.3 is 6.01 Å². The van der Waals surface area contributed by atoms with Crippen LogP contribution in [0.2, 0.25) is 0 Å². The van der Waals surface area contributed by atoms with Crippen LogP contribution in [0.5, 0.6) is 11.5 Å². The normalized spacial score (nSPS) is 10.4. The summed E-state index contributed by atoms with van der Waals surface area (Å²) in [7, 11) is 3.04. The number of benzene rings is 2. The third kappa shape index (κ3) is 5.24. The van der Waals surface area contributed by atoms with Gasteiger partial charge in [-0.3, -0.25) is 10.1 Å². The summed E-state index contributed by atoms with van der Waals surface area (Å²) in [4.78, 5) is 13.6. The van der Waals surface area contributed by atoms with E-state index in [-0.39, 0.29) is 11.9 Å². The second-order valence-electron chi connectivity index (χ2n) is 5.47. The number of thioether (sulfide) groups is 1. The highest BCUT2D eigenvalue weighted by atomic mass is 32.2. The molecule has 0 spiro atoms. The van der Waals surface area contributed by atoms with Gasteiger partial charge in [-0.1, -0.05) is 23.3 Å². The van der Waals surface area contributed by atoms with Crippen LogP contribution in [0.25, 0.3) is 0 Å². The van der Waals surface area contributed by atoms with Gasteiger partial charge in [-0.05, 0) is 24.3 Å².